The van der Waals surface area contributed by atoms with Crippen LogP contribution in [0.15, 0.2) is 255 Å². The molecule has 14 rings (SSSR count). The molecule has 2 aromatic heterocycles. The zero-order chi connectivity index (χ0) is 49.0. The second kappa shape index (κ2) is 18.2. The van der Waals surface area contributed by atoms with E-state index in [-0.39, 0.29) is 0 Å². The zero-order valence-electron chi connectivity index (χ0n) is 40.5. The lowest BCUT2D eigenvalue weighted by Crippen LogP contribution is -2.02. The van der Waals surface area contributed by atoms with Crippen LogP contribution >= 0.6 is 0 Å². The highest BCUT2D eigenvalue weighted by Gasteiger charge is 2.20. The van der Waals surface area contributed by atoms with Gasteiger partial charge in [-0.3, -0.25) is 0 Å². The van der Waals surface area contributed by atoms with E-state index in [1.807, 2.05) is 0 Å². The van der Waals surface area contributed by atoms with Crippen molar-refractivity contribution in [2.24, 2.45) is 0 Å². The van der Waals surface area contributed by atoms with Gasteiger partial charge in [-0.2, -0.15) is 0 Å². The van der Waals surface area contributed by atoms with Crippen molar-refractivity contribution in [1.82, 2.24) is 19.9 Å². The van der Waals surface area contributed by atoms with Crippen LogP contribution in [0.4, 0.5) is 0 Å². The Morgan fingerprint density at radius 2 is 0.541 bits per heavy atom. The molecule has 0 saturated heterocycles. The lowest BCUT2D eigenvalue weighted by atomic mass is 9.88. The highest BCUT2D eigenvalue weighted by Crippen LogP contribution is 2.41. The van der Waals surface area contributed by atoms with Crippen LogP contribution in [-0.2, 0) is 0 Å². The molecule has 11 aromatic carbocycles. The number of aromatic nitrogens is 4. The number of allylic oxidation sites excluding steroid dienone is 4. The van der Waals surface area contributed by atoms with Crippen molar-refractivity contribution in [3.05, 3.63) is 266 Å². The van der Waals surface area contributed by atoms with Crippen molar-refractivity contribution in [2.75, 3.05) is 0 Å². The summed E-state index contributed by atoms with van der Waals surface area (Å²) in [6.07, 6.45) is 6.23. The van der Waals surface area contributed by atoms with Crippen LogP contribution in [0, 0.1) is 0 Å². The lowest BCUT2D eigenvalue weighted by Gasteiger charge is -2.18. The first-order chi connectivity index (χ1) is 36.7. The molecule has 13 aromatic rings. The average molecular weight is 943 g/mol. The van der Waals surface area contributed by atoms with E-state index in [4.69, 9.17) is 19.9 Å². The fourth-order valence-corrected chi connectivity index (χ4v) is 11.2. The minimum Gasteiger partial charge on any atom is -0.228 e. The van der Waals surface area contributed by atoms with Crippen molar-refractivity contribution in [3.63, 3.8) is 0 Å². The van der Waals surface area contributed by atoms with Crippen LogP contribution < -0.4 is 0 Å². The summed E-state index contributed by atoms with van der Waals surface area (Å²) in [7, 11) is 0. The van der Waals surface area contributed by atoms with Crippen LogP contribution in [0.1, 0.15) is 24.2 Å². The molecular weight excluding hydrogens is 897 g/mol. The van der Waals surface area contributed by atoms with E-state index < -0.39 is 0 Å². The molecule has 0 N–H and O–H groups in total. The zero-order valence-corrected chi connectivity index (χ0v) is 40.5. The molecule has 0 amide bonds. The Hall–Kier alpha value is -9.64. The van der Waals surface area contributed by atoms with Gasteiger partial charge in [0.25, 0.3) is 0 Å². The Morgan fingerprint density at radius 1 is 0.230 bits per heavy atom. The van der Waals surface area contributed by atoms with Gasteiger partial charge in [-0.15, -0.1) is 0 Å². The second-order valence-corrected chi connectivity index (χ2v) is 19.2. The van der Waals surface area contributed by atoms with Crippen LogP contribution in [-0.4, -0.2) is 19.9 Å². The number of rotatable bonds is 8. The van der Waals surface area contributed by atoms with E-state index in [0.717, 1.165) is 91.2 Å². The summed E-state index contributed by atoms with van der Waals surface area (Å²) in [5.41, 5.74) is 15.0. The molecule has 4 heteroatoms. The van der Waals surface area contributed by atoms with Gasteiger partial charge in [0, 0.05) is 27.8 Å². The first-order valence-electron chi connectivity index (χ1n) is 25.4. The topological polar surface area (TPSA) is 51.6 Å². The number of hydrogen-bond donors (Lipinski definition) is 0. The van der Waals surface area contributed by atoms with Gasteiger partial charge in [0.05, 0.1) is 22.8 Å². The summed E-state index contributed by atoms with van der Waals surface area (Å²) in [6, 6.07) is 86.5. The maximum absolute atomic E-state index is 5.34. The smallest absolute Gasteiger partial charge is 0.160 e. The molecule has 74 heavy (non-hydrogen) atoms. The van der Waals surface area contributed by atoms with Crippen molar-refractivity contribution >= 4 is 65.0 Å². The van der Waals surface area contributed by atoms with Crippen LogP contribution in [0.25, 0.3) is 133 Å². The number of benzene rings is 11. The Bertz CT molecular complexity index is 4220. The van der Waals surface area contributed by atoms with Gasteiger partial charge in [-0.25, -0.2) is 19.9 Å². The Balaban J connectivity index is 0.824. The van der Waals surface area contributed by atoms with Gasteiger partial charge in [-0.05, 0) is 107 Å². The molecule has 0 spiro atoms. The molecule has 4 nitrogen and oxygen atoms in total. The lowest BCUT2D eigenvalue weighted by molar-refractivity contribution is 1.02. The summed E-state index contributed by atoms with van der Waals surface area (Å²) in [5.74, 6) is 1.46. The third kappa shape index (κ3) is 7.72. The summed E-state index contributed by atoms with van der Waals surface area (Å²) in [4.78, 5) is 21.3. The minimum absolute atomic E-state index is 0.692. The van der Waals surface area contributed by atoms with Crippen molar-refractivity contribution in [3.8, 4) is 67.5 Å². The second-order valence-electron chi connectivity index (χ2n) is 19.2. The monoisotopic (exact) mass is 942 g/mol. The van der Waals surface area contributed by atoms with Gasteiger partial charge in [-0.1, -0.05) is 243 Å². The van der Waals surface area contributed by atoms with Crippen molar-refractivity contribution in [1.29, 1.82) is 0 Å². The Morgan fingerprint density at radius 3 is 0.973 bits per heavy atom. The molecule has 2 heterocycles. The first-order valence-corrected chi connectivity index (χ1v) is 25.4. The van der Waals surface area contributed by atoms with Crippen LogP contribution in [0.3, 0.4) is 0 Å². The summed E-state index contributed by atoms with van der Waals surface area (Å²) in [5, 5.41) is 11.9. The normalized spacial score (nSPS) is 12.6. The van der Waals surface area contributed by atoms with E-state index in [1.165, 1.54) is 59.8 Å². The molecule has 1 aliphatic rings. The fourth-order valence-electron chi connectivity index (χ4n) is 11.2. The highest BCUT2D eigenvalue weighted by atomic mass is 14.9. The molecule has 0 bridgehead atoms. The van der Waals surface area contributed by atoms with Gasteiger partial charge < -0.3 is 0 Å². The summed E-state index contributed by atoms with van der Waals surface area (Å²) >= 11 is 0. The van der Waals surface area contributed by atoms with Gasteiger partial charge in [0.1, 0.15) is 0 Å². The third-order valence-corrected chi connectivity index (χ3v) is 14.9. The predicted molar refractivity (Wildman–Crippen MR) is 309 cm³/mol. The highest BCUT2D eigenvalue weighted by molar-refractivity contribution is 6.04. The summed E-state index contributed by atoms with van der Waals surface area (Å²) in [6.45, 7) is 0. The SMILES string of the molecule is C1=C(c2nc(-c3cccc4ccccc34)cc(-c3cccc4ccccc34)n2)CCC(c2cccc3c(-c4ccc(-c5nc(-c6cccc7ccccc67)cc(-c6cccc7ccccc67)n5)cc4)cccc23)=C1. The number of nitrogens with zero attached hydrogens (tertiary/aromatic N) is 4. The number of hydrogen-bond acceptors (Lipinski definition) is 4. The van der Waals surface area contributed by atoms with Crippen molar-refractivity contribution < 1.29 is 0 Å². The van der Waals surface area contributed by atoms with E-state index in [0.29, 0.717) is 5.82 Å². The van der Waals surface area contributed by atoms with E-state index >= 15 is 0 Å². The molecule has 0 radical (unpaired) electrons. The fraction of sp³-hybridized carbons (Fsp3) is 0.0286. The quantitative estimate of drug-likeness (QED) is 0.152. The molecule has 346 valence electrons. The molecule has 0 saturated carbocycles. The molecule has 0 fully saturated rings. The van der Waals surface area contributed by atoms with E-state index in [2.05, 4.69) is 255 Å². The van der Waals surface area contributed by atoms with Gasteiger partial charge in [0.15, 0.2) is 11.6 Å². The average Bonchev–Trinajstić information content (AvgIpc) is 3.49. The third-order valence-electron chi connectivity index (χ3n) is 14.9. The van der Waals surface area contributed by atoms with Crippen molar-refractivity contribution in [2.45, 2.75) is 12.8 Å². The molecule has 0 aliphatic heterocycles. The Kier molecular flexibility index (Phi) is 10.6. The maximum atomic E-state index is 5.34. The van der Waals surface area contributed by atoms with Gasteiger partial charge in [0.2, 0.25) is 0 Å². The first kappa shape index (κ1) is 43.2. The van der Waals surface area contributed by atoms with E-state index in [9.17, 15) is 0 Å². The standard InChI is InChI=1S/C70H46N4/c1-5-23-55-45(15-1)19-9-31-61(55)65-43-66(62-32-10-20-46-16-2-6-24-56(46)62)72-69(71-65)51-39-35-49(36-40-51)53-27-13-30-60-54(28-14-29-59(53)60)50-37-41-52(42-38-50)70-73-67(63-33-11-21-47-17-3-7-25-57(47)63)44-68(74-70)64-34-12-22-48-18-4-8-26-58(48)64/h1-37,39-41,43-44H,38,42H2. The summed E-state index contributed by atoms with van der Waals surface area (Å²) < 4.78 is 0. The molecule has 1 aliphatic carbocycles. The molecule has 0 unspecified atom stereocenters. The predicted octanol–water partition coefficient (Wildman–Crippen LogP) is 18.3. The number of fused-ring (bicyclic) bond motifs is 5. The maximum Gasteiger partial charge on any atom is 0.160 e. The van der Waals surface area contributed by atoms with Crippen LogP contribution in [0.2, 0.25) is 0 Å². The Labute approximate surface area is 429 Å². The molecular formula is C70H46N4. The largest absolute Gasteiger partial charge is 0.228 e. The van der Waals surface area contributed by atoms with Gasteiger partial charge >= 0.3 is 0 Å². The minimum atomic E-state index is 0.692. The van der Waals surface area contributed by atoms with E-state index in [1.54, 1.807) is 0 Å². The molecule has 0 atom stereocenters. The van der Waals surface area contributed by atoms with Crippen LogP contribution in [0.5, 0.6) is 0 Å².